The van der Waals surface area contributed by atoms with Crippen molar-refractivity contribution < 1.29 is 41.5 Å². The molecule has 0 bridgehead atoms. The van der Waals surface area contributed by atoms with Gasteiger partial charge < -0.3 is 18.9 Å². The average molecular weight is 547 g/mol. The SMILES string of the molecule is COc1ccc(S(=O)(=O)NCCC(=O)OCc2cc(F)cc3c2O[C@@H](c2ccccc2)OC3)cc1[N+](=O)[O-]. The van der Waals surface area contributed by atoms with E-state index in [-0.39, 0.29) is 36.8 Å². The molecule has 13 heteroatoms. The molecule has 3 aromatic rings. The monoisotopic (exact) mass is 546 g/mol. The van der Waals surface area contributed by atoms with Crippen LogP contribution in [0.25, 0.3) is 0 Å². The fourth-order valence-electron chi connectivity index (χ4n) is 3.74. The van der Waals surface area contributed by atoms with Crippen LogP contribution in [0.3, 0.4) is 0 Å². The van der Waals surface area contributed by atoms with Crippen molar-refractivity contribution in [1.82, 2.24) is 4.72 Å². The number of methoxy groups -OCH3 is 1. The predicted molar refractivity (Wildman–Crippen MR) is 130 cm³/mol. The zero-order valence-corrected chi connectivity index (χ0v) is 20.9. The van der Waals surface area contributed by atoms with Crippen LogP contribution in [0.2, 0.25) is 0 Å². The van der Waals surface area contributed by atoms with E-state index in [1.807, 2.05) is 30.3 Å². The number of benzene rings is 3. The standard InChI is InChI=1S/C25H23FN2O9S/c1-34-22-8-7-20(13-21(22)28(30)31)38(32,33)27-10-9-23(29)35-14-17-11-19(26)12-18-15-36-25(37-24(17)18)16-5-3-2-4-6-16/h2-8,11-13,25,27H,9-10,14-15H2,1H3/t25-/m0/s1. The summed E-state index contributed by atoms with van der Waals surface area (Å²) < 4.78 is 63.1. The van der Waals surface area contributed by atoms with Crippen LogP contribution in [0.15, 0.2) is 65.6 Å². The molecule has 1 N–H and O–H groups in total. The molecule has 11 nitrogen and oxygen atoms in total. The van der Waals surface area contributed by atoms with Crippen LogP contribution in [-0.2, 0) is 37.5 Å². The topological polar surface area (TPSA) is 143 Å². The number of sulfonamides is 1. The van der Waals surface area contributed by atoms with E-state index < -0.39 is 38.7 Å². The number of nitro benzene ring substituents is 1. The Bertz CT molecular complexity index is 1450. The van der Waals surface area contributed by atoms with Crippen molar-refractivity contribution in [3.05, 3.63) is 93.3 Å². The van der Waals surface area contributed by atoms with Crippen molar-refractivity contribution >= 4 is 21.7 Å². The molecule has 0 amide bonds. The number of hydrogen-bond donors (Lipinski definition) is 1. The summed E-state index contributed by atoms with van der Waals surface area (Å²) in [5, 5.41) is 11.2. The van der Waals surface area contributed by atoms with E-state index in [9.17, 15) is 27.7 Å². The van der Waals surface area contributed by atoms with Gasteiger partial charge in [0.15, 0.2) is 5.75 Å². The molecule has 0 saturated carbocycles. The minimum absolute atomic E-state index is 0.0947. The highest BCUT2D eigenvalue weighted by Gasteiger charge is 2.26. The number of rotatable bonds is 10. The highest BCUT2D eigenvalue weighted by Crippen LogP contribution is 2.37. The molecule has 1 atom stereocenters. The molecular weight excluding hydrogens is 523 g/mol. The lowest BCUT2D eigenvalue weighted by molar-refractivity contribution is -0.386. The minimum Gasteiger partial charge on any atom is -0.490 e. The van der Waals surface area contributed by atoms with Crippen molar-refractivity contribution in [2.75, 3.05) is 13.7 Å². The molecule has 38 heavy (non-hydrogen) atoms. The molecule has 0 saturated heterocycles. The Morgan fingerprint density at radius 2 is 1.95 bits per heavy atom. The van der Waals surface area contributed by atoms with E-state index in [0.717, 1.165) is 23.8 Å². The Balaban J connectivity index is 1.36. The molecule has 3 aromatic carbocycles. The summed E-state index contributed by atoms with van der Waals surface area (Å²) in [6.45, 7) is -0.542. The van der Waals surface area contributed by atoms with Crippen LogP contribution in [0.1, 0.15) is 29.4 Å². The predicted octanol–water partition coefficient (Wildman–Crippen LogP) is 3.76. The molecule has 1 heterocycles. The van der Waals surface area contributed by atoms with Crippen LogP contribution < -0.4 is 14.2 Å². The van der Waals surface area contributed by atoms with Crippen molar-refractivity contribution in [3.63, 3.8) is 0 Å². The summed E-state index contributed by atoms with van der Waals surface area (Å²) in [6.07, 6.45) is -1.06. The number of carbonyl (C=O) groups excluding carboxylic acids is 1. The average Bonchev–Trinajstić information content (AvgIpc) is 2.91. The fraction of sp³-hybridized carbons (Fsp3) is 0.240. The Hall–Kier alpha value is -4.07. The first-order valence-corrected chi connectivity index (χ1v) is 12.8. The summed E-state index contributed by atoms with van der Waals surface area (Å²) in [7, 11) is -2.93. The molecule has 0 spiro atoms. The summed E-state index contributed by atoms with van der Waals surface area (Å²) >= 11 is 0. The second-order valence-corrected chi connectivity index (χ2v) is 9.89. The third-order valence-corrected chi connectivity index (χ3v) is 7.02. The van der Waals surface area contributed by atoms with Gasteiger partial charge >= 0.3 is 11.7 Å². The van der Waals surface area contributed by atoms with E-state index in [0.29, 0.717) is 16.9 Å². The Morgan fingerprint density at radius 1 is 1.18 bits per heavy atom. The number of nitrogens with zero attached hydrogens (tertiary/aromatic N) is 1. The van der Waals surface area contributed by atoms with Gasteiger partial charge in [0.2, 0.25) is 16.3 Å². The van der Waals surface area contributed by atoms with Crippen LogP contribution in [0.5, 0.6) is 11.5 Å². The van der Waals surface area contributed by atoms with E-state index in [4.69, 9.17) is 18.9 Å². The number of halogens is 1. The van der Waals surface area contributed by atoms with Gasteiger partial charge in [-0.15, -0.1) is 0 Å². The van der Waals surface area contributed by atoms with Gasteiger partial charge in [0.1, 0.15) is 18.2 Å². The first-order chi connectivity index (χ1) is 18.2. The van der Waals surface area contributed by atoms with Gasteiger partial charge in [-0.1, -0.05) is 30.3 Å². The van der Waals surface area contributed by atoms with E-state index in [1.54, 1.807) is 0 Å². The van der Waals surface area contributed by atoms with Crippen LogP contribution >= 0.6 is 0 Å². The van der Waals surface area contributed by atoms with E-state index >= 15 is 0 Å². The Kier molecular flexibility index (Phi) is 8.20. The van der Waals surface area contributed by atoms with Gasteiger partial charge in [-0.25, -0.2) is 17.5 Å². The van der Waals surface area contributed by atoms with Gasteiger partial charge in [-0.05, 0) is 24.3 Å². The van der Waals surface area contributed by atoms with Crippen molar-refractivity contribution in [2.24, 2.45) is 0 Å². The van der Waals surface area contributed by atoms with E-state index in [2.05, 4.69) is 4.72 Å². The zero-order valence-electron chi connectivity index (χ0n) is 20.1. The summed E-state index contributed by atoms with van der Waals surface area (Å²) in [5.41, 5.74) is 1.00. The highest BCUT2D eigenvalue weighted by molar-refractivity contribution is 7.89. The van der Waals surface area contributed by atoms with E-state index in [1.165, 1.54) is 19.2 Å². The second-order valence-electron chi connectivity index (χ2n) is 8.12. The van der Waals surface area contributed by atoms with Crippen molar-refractivity contribution in [1.29, 1.82) is 0 Å². The number of carbonyl (C=O) groups is 1. The van der Waals surface area contributed by atoms with Gasteiger partial charge in [0.25, 0.3) is 0 Å². The molecule has 200 valence electrons. The Labute approximate surface area is 217 Å². The Morgan fingerprint density at radius 3 is 2.66 bits per heavy atom. The lowest BCUT2D eigenvalue weighted by atomic mass is 10.1. The van der Waals surface area contributed by atoms with Gasteiger partial charge in [0.05, 0.1) is 30.0 Å². The molecular formula is C25H23FN2O9S. The van der Waals surface area contributed by atoms with Crippen LogP contribution in [-0.4, -0.2) is 33.0 Å². The lowest BCUT2D eigenvalue weighted by Gasteiger charge is -2.28. The third kappa shape index (κ3) is 6.25. The molecule has 0 aromatic heterocycles. The number of esters is 1. The number of ether oxygens (including phenoxy) is 4. The summed E-state index contributed by atoms with van der Waals surface area (Å²) in [6, 6.07) is 14.8. The van der Waals surface area contributed by atoms with Gasteiger partial charge in [0, 0.05) is 29.3 Å². The normalized spacial score (nSPS) is 14.7. The summed E-state index contributed by atoms with van der Waals surface area (Å²) in [5.74, 6) is -1.05. The largest absolute Gasteiger partial charge is 0.490 e. The van der Waals surface area contributed by atoms with Crippen LogP contribution in [0.4, 0.5) is 10.1 Å². The first kappa shape index (κ1) is 27.0. The number of nitro groups is 1. The quantitative estimate of drug-likeness (QED) is 0.228. The molecule has 4 rings (SSSR count). The number of fused-ring (bicyclic) bond motifs is 1. The van der Waals surface area contributed by atoms with Crippen molar-refractivity contribution in [2.45, 2.75) is 30.8 Å². The lowest BCUT2D eigenvalue weighted by Crippen LogP contribution is -2.27. The number of nitrogens with one attached hydrogen (secondary N) is 1. The maximum absolute atomic E-state index is 14.1. The molecule has 0 aliphatic carbocycles. The molecule has 0 radical (unpaired) electrons. The number of hydrogen-bond acceptors (Lipinski definition) is 9. The molecule has 1 aliphatic heterocycles. The smallest absolute Gasteiger partial charge is 0.312 e. The van der Waals surface area contributed by atoms with Gasteiger partial charge in [-0.2, -0.15) is 0 Å². The van der Waals surface area contributed by atoms with Gasteiger partial charge in [-0.3, -0.25) is 14.9 Å². The van der Waals surface area contributed by atoms with Crippen molar-refractivity contribution in [3.8, 4) is 11.5 Å². The fourth-order valence-corrected chi connectivity index (χ4v) is 4.79. The third-order valence-electron chi connectivity index (χ3n) is 5.56. The maximum atomic E-state index is 14.1. The maximum Gasteiger partial charge on any atom is 0.312 e. The minimum atomic E-state index is -4.16. The molecule has 0 fully saturated rings. The summed E-state index contributed by atoms with van der Waals surface area (Å²) in [4.78, 5) is 22.3. The zero-order chi connectivity index (χ0) is 27.3. The molecule has 0 unspecified atom stereocenters. The highest BCUT2D eigenvalue weighted by atomic mass is 32.2. The molecule has 1 aliphatic rings. The first-order valence-electron chi connectivity index (χ1n) is 11.3. The van der Waals surface area contributed by atoms with Crippen LogP contribution in [0, 0.1) is 15.9 Å². The second kappa shape index (κ2) is 11.5.